The smallest absolute Gasteiger partial charge is 0.174 e. The van der Waals surface area contributed by atoms with Crippen molar-refractivity contribution < 1.29 is 13.5 Å². The lowest BCUT2D eigenvalue weighted by Gasteiger charge is -2.23. The number of benzene rings is 1. The van der Waals surface area contributed by atoms with E-state index in [1.807, 2.05) is 4.90 Å². The van der Waals surface area contributed by atoms with E-state index in [1.54, 1.807) is 24.3 Å². The minimum Gasteiger partial charge on any atom is -0.508 e. The molecule has 2 N–H and O–H groups in total. The quantitative estimate of drug-likeness (QED) is 0.721. The minimum atomic E-state index is -2.99. The summed E-state index contributed by atoms with van der Waals surface area (Å²) in [6.07, 6.45) is 0. The lowest BCUT2D eigenvalue weighted by Crippen LogP contribution is -2.36. The van der Waals surface area contributed by atoms with Gasteiger partial charge in [-0.3, -0.25) is 0 Å². The minimum absolute atomic E-state index is 0.117. The molecule has 0 bridgehead atoms. The van der Waals surface area contributed by atoms with Crippen LogP contribution in [0.25, 0.3) is 0 Å². The summed E-state index contributed by atoms with van der Waals surface area (Å²) in [7, 11) is -2.99. The van der Waals surface area contributed by atoms with Crippen molar-refractivity contribution >= 4 is 32.9 Å². The van der Waals surface area contributed by atoms with Crippen molar-refractivity contribution in [2.75, 3.05) is 16.4 Å². The molecular weight excluding hydrogens is 272 g/mol. The van der Waals surface area contributed by atoms with Gasteiger partial charge in [-0.15, -0.1) is 0 Å². The highest BCUT2D eigenvalue weighted by atomic mass is 32.2. The zero-order chi connectivity index (χ0) is 12.9. The van der Waals surface area contributed by atoms with Gasteiger partial charge in [-0.05, 0) is 36.5 Å². The second kappa shape index (κ2) is 3.83. The second-order valence-corrected chi connectivity index (χ2v) is 7.13. The lowest BCUT2D eigenvalue weighted by atomic mass is 10.1. The fourth-order valence-corrected chi connectivity index (χ4v) is 4.80. The molecule has 2 atom stereocenters. The van der Waals surface area contributed by atoms with Crippen LogP contribution in [-0.2, 0) is 9.84 Å². The molecule has 2 heterocycles. The van der Waals surface area contributed by atoms with Gasteiger partial charge in [-0.1, -0.05) is 0 Å². The number of nitrogens with one attached hydrogen (secondary N) is 1. The molecular formula is C11H12N2O3S2. The molecule has 2 aliphatic heterocycles. The Bertz CT molecular complexity index is 597. The van der Waals surface area contributed by atoms with Crippen LogP contribution in [0.1, 0.15) is 0 Å². The van der Waals surface area contributed by atoms with Crippen LogP contribution in [0.2, 0.25) is 0 Å². The number of anilines is 1. The fourth-order valence-electron chi connectivity index (χ4n) is 2.52. The topological polar surface area (TPSA) is 69.6 Å². The molecule has 2 unspecified atom stereocenters. The maximum atomic E-state index is 11.6. The number of aromatic hydroxyl groups is 1. The number of thiocarbonyl (C=S) groups is 1. The Morgan fingerprint density at radius 3 is 2.61 bits per heavy atom. The number of phenols is 1. The standard InChI is InChI=1S/C11H12N2O3S2/c14-8-3-1-7(2-4-8)13-10-6-18(15,16)5-9(10)12-11(13)17/h1-4,9-10,14H,5-6H2,(H,12,17). The molecule has 1 aromatic carbocycles. The number of fused-ring (bicyclic) bond motifs is 1. The van der Waals surface area contributed by atoms with Crippen LogP contribution in [0.4, 0.5) is 5.69 Å². The molecule has 96 valence electrons. The average molecular weight is 284 g/mol. The van der Waals surface area contributed by atoms with Gasteiger partial charge in [0.15, 0.2) is 14.9 Å². The van der Waals surface area contributed by atoms with Gasteiger partial charge >= 0.3 is 0 Å². The molecule has 7 heteroatoms. The van der Waals surface area contributed by atoms with E-state index in [4.69, 9.17) is 12.2 Å². The van der Waals surface area contributed by atoms with Crippen molar-refractivity contribution in [1.29, 1.82) is 0 Å². The number of hydrogen-bond acceptors (Lipinski definition) is 4. The van der Waals surface area contributed by atoms with E-state index in [2.05, 4.69) is 5.32 Å². The number of phenolic OH excluding ortho intramolecular Hbond substituents is 1. The summed E-state index contributed by atoms with van der Waals surface area (Å²) in [5, 5.41) is 12.9. The first kappa shape index (κ1) is 11.7. The summed E-state index contributed by atoms with van der Waals surface area (Å²) >= 11 is 5.24. The Kier molecular flexibility index (Phi) is 2.49. The van der Waals surface area contributed by atoms with Crippen LogP contribution in [0.5, 0.6) is 5.75 Å². The molecule has 2 fully saturated rings. The molecule has 0 aliphatic carbocycles. The number of nitrogens with zero attached hydrogens (tertiary/aromatic N) is 1. The molecule has 0 radical (unpaired) electrons. The highest BCUT2D eigenvalue weighted by Gasteiger charge is 2.47. The Hall–Kier alpha value is -1.34. The normalized spacial score (nSPS) is 29.1. The monoisotopic (exact) mass is 284 g/mol. The van der Waals surface area contributed by atoms with Gasteiger partial charge in [0.2, 0.25) is 0 Å². The SMILES string of the molecule is O=S1(=O)CC2NC(=S)N(c3ccc(O)cc3)C2C1. The maximum Gasteiger partial charge on any atom is 0.174 e. The predicted octanol–water partition coefficient (Wildman–Crippen LogP) is 0.252. The fraction of sp³-hybridized carbons (Fsp3) is 0.364. The number of rotatable bonds is 1. The lowest BCUT2D eigenvalue weighted by molar-refractivity contribution is 0.475. The molecule has 1 aromatic rings. The summed E-state index contributed by atoms with van der Waals surface area (Å²) < 4.78 is 23.3. The van der Waals surface area contributed by atoms with Crippen molar-refractivity contribution in [3.63, 3.8) is 0 Å². The number of sulfone groups is 1. The molecule has 0 spiro atoms. The van der Waals surface area contributed by atoms with E-state index in [0.29, 0.717) is 5.11 Å². The third-order valence-electron chi connectivity index (χ3n) is 3.31. The molecule has 3 rings (SSSR count). The Labute approximate surface area is 110 Å². The van der Waals surface area contributed by atoms with Crippen molar-refractivity contribution in [2.45, 2.75) is 12.1 Å². The van der Waals surface area contributed by atoms with E-state index < -0.39 is 9.84 Å². The summed E-state index contributed by atoms with van der Waals surface area (Å²) in [6.45, 7) is 0. The molecule has 0 amide bonds. The maximum absolute atomic E-state index is 11.6. The molecule has 0 saturated carbocycles. The summed E-state index contributed by atoms with van der Waals surface area (Å²) in [5.74, 6) is 0.422. The summed E-state index contributed by atoms with van der Waals surface area (Å²) in [4.78, 5) is 1.82. The van der Waals surface area contributed by atoms with Crippen molar-refractivity contribution in [3.8, 4) is 5.75 Å². The van der Waals surface area contributed by atoms with Gasteiger partial charge in [0.1, 0.15) is 5.75 Å². The van der Waals surface area contributed by atoms with Crippen LogP contribution in [0, 0.1) is 0 Å². The van der Waals surface area contributed by atoms with Gasteiger partial charge in [0.25, 0.3) is 0 Å². The van der Waals surface area contributed by atoms with Crippen LogP contribution >= 0.6 is 12.2 Å². The van der Waals surface area contributed by atoms with Crippen LogP contribution in [0.3, 0.4) is 0 Å². The predicted molar refractivity (Wildman–Crippen MR) is 72.5 cm³/mol. The summed E-state index contributed by atoms with van der Waals surface area (Å²) in [6, 6.07) is 6.32. The highest BCUT2D eigenvalue weighted by Crippen LogP contribution is 2.30. The summed E-state index contributed by atoms with van der Waals surface area (Å²) in [5.41, 5.74) is 0.801. The van der Waals surface area contributed by atoms with Crippen LogP contribution < -0.4 is 10.2 Å². The van der Waals surface area contributed by atoms with E-state index in [9.17, 15) is 13.5 Å². The molecule has 0 aromatic heterocycles. The van der Waals surface area contributed by atoms with E-state index in [0.717, 1.165) is 5.69 Å². The van der Waals surface area contributed by atoms with Gasteiger partial charge in [0, 0.05) is 5.69 Å². The molecule has 18 heavy (non-hydrogen) atoms. The van der Waals surface area contributed by atoms with Crippen molar-refractivity contribution in [3.05, 3.63) is 24.3 Å². The van der Waals surface area contributed by atoms with Crippen molar-refractivity contribution in [2.24, 2.45) is 0 Å². The van der Waals surface area contributed by atoms with Gasteiger partial charge < -0.3 is 15.3 Å². The van der Waals surface area contributed by atoms with Crippen LogP contribution in [0.15, 0.2) is 24.3 Å². The third-order valence-corrected chi connectivity index (χ3v) is 5.34. The largest absolute Gasteiger partial charge is 0.508 e. The van der Waals surface area contributed by atoms with Gasteiger partial charge in [-0.25, -0.2) is 8.42 Å². The Balaban J connectivity index is 1.96. The average Bonchev–Trinajstić information content (AvgIpc) is 2.70. The van der Waals surface area contributed by atoms with Gasteiger partial charge in [0.05, 0.1) is 23.6 Å². The van der Waals surface area contributed by atoms with E-state index >= 15 is 0 Å². The van der Waals surface area contributed by atoms with E-state index in [1.165, 1.54) is 0 Å². The first-order valence-corrected chi connectivity index (χ1v) is 7.78. The third kappa shape index (κ3) is 1.83. The zero-order valence-electron chi connectivity index (χ0n) is 9.41. The highest BCUT2D eigenvalue weighted by molar-refractivity contribution is 7.91. The molecule has 2 aliphatic rings. The van der Waals surface area contributed by atoms with Gasteiger partial charge in [-0.2, -0.15) is 0 Å². The second-order valence-electron chi connectivity index (χ2n) is 4.59. The van der Waals surface area contributed by atoms with Crippen LogP contribution in [-0.4, -0.2) is 42.2 Å². The first-order valence-electron chi connectivity index (χ1n) is 5.55. The number of hydrogen-bond donors (Lipinski definition) is 2. The first-order chi connectivity index (χ1) is 8.46. The Morgan fingerprint density at radius 2 is 1.94 bits per heavy atom. The van der Waals surface area contributed by atoms with Crippen molar-refractivity contribution in [1.82, 2.24) is 5.32 Å². The zero-order valence-corrected chi connectivity index (χ0v) is 11.0. The molecule has 5 nitrogen and oxygen atoms in total. The van der Waals surface area contributed by atoms with E-state index in [-0.39, 0.29) is 29.3 Å². The molecule has 2 saturated heterocycles. The Morgan fingerprint density at radius 1 is 1.28 bits per heavy atom.